The number of carbonyl (C=O) groups is 1. The summed E-state index contributed by atoms with van der Waals surface area (Å²) in [6.07, 6.45) is 1.73. The Hall–Kier alpha value is -3.03. The van der Waals surface area contributed by atoms with Gasteiger partial charge in [-0.15, -0.1) is 11.3 Å². The molecule has 4 rings (SSSR count). The number of carbonyl (C=O) groups excluding carboxylic acids is 1. The van der Waals surface area contributed by atoms with Gasteiger partial charge in [0, 0.05) is 27.9 Å². The Morgan fingerprint density at radius 2 is 1.87 bits per heavy atom. The molecule has 2 aromatic heterocycles. The van der Waals surface area contributed by atoms with Crippen LogP contribution in [0.1, 0.15) is 30.3 Å². The van der Waals surface area contributed by atoms with Crippen molar-refractivity contribution in [3.8, 4) is 11.3 Å². The monoisotopic (exact) mass is 438 g/mol. The second kappa shape index (κ2) is 8.77. The maximum absolute atomic E-state index is 13.0. The molecule has 0 aliphatic rings. The second-order valence-corrected chi connectivity index (χ2v) is 8.07. The molecule has 0 aliphatic heterocycles. The van der Waals surface area contributed by atoms with Crippen molar-refractivity contribution in [2.45, 2.75) is 26.3 Å². The molecule has 0 bridgehead atoms. The molecule has 8 heteroatoms. The summed E-state index contributed by atoms with van der Waals surface area (Å²) in [5.74, 6) is -0.395. The Balaban J connectivity index is 1.66. The van der Waals surface area contributed by atoms with Crippen molar-refractivity contribution >= 4 is 44.7 Å². The van der Waals surface area contributed by atoms with Gasteiger partial charge < -0.3 is 0 Å². The van der Waals surface area contributed by atoms with Crippen LogP contribution in [0.2, 0.25) is 5.02 Å². The Bertz CT molecular complexity index is 1260. The molecule has 0 saturated heterocycles. The smallest absolute Gasteiger partial charge is 0.278 e. The standard InChI is InChI=1S/C22H19ClN4O2S/c1-2-3-12-27-21(29)17-7-5-4-6-16(17)19(26-27)20(28)25-22-24-18(13-30-22)14-8-10-15(23)11-9-14/h4-11,13H,2-3,12H2,1H3,(H,24,25,28). The maximum Gasteiger partial charge on any atom is 0.278 e. The van der Waals surface area contributed by atoms with Gasteiger partial charge in [0.2, 0.25) is 0 Å². The first-order valence-corrected chi connectivity index (χ1v) is 10.8. The number of amides is 1. The Labute approximate surface area is 182 Å². The number of hydrogen-bond donors (Lipinski definition) is 1. The average molecular weight is 439 g/mol. The number of aromatic nitrogens is 3. The molecule has 30 heavy (non-hydrogen) atoms. The van der Waals surface area contributed by atoms with E-state index in [9.17, 15) is 9.59 Å². The fraction of sp³-hybridized carbons (Fsp3) is 0.182. The van der Waals surface area contributed by atoms with Crippen LogP contribution >= 0.6 is 22.9 Å². The number of unbranched alkanes of at least 4 members (excludes halogenated alkanes) is 1. The third kappa shape index (κ3) is 4.13. The third-order valence-electron chi connectivity index (χ3n) is 4.67. The van der Waals surface area contributed by atoms with E-state index in [0.29, 0.717) is 27.5 Å². The zero-order valence-corrected chi connectivity index (χ0v) is 17.8. The van der Waals surface area contributed by atoms with Gasteiger partial charge >= 0.3 is 0 Å². The number of thiazole rings is 1. The van der Waals surface area contributed by atoms with Crippen molar-refractivity contribution in [3.63, 3.8) is 0 Å². The van der Waals surface area contributed by atoms with Gasteiger partial charge in [0.15, 0.2) is 10.8 Å². The Kier molecular flexibility index (Phi) is 5.92. The third-order valence-corrected chi connectivity index (χ3v) is 5.68. The minimum absolute atomic E-state index is 0.185. The molecule has 0 radical (unpaired) electrons. The highest BCUT2D eigenvalue weighted by atomic mass is 35.5. The summed E-state index contributed by atoms with van der Waals surface area (Å²) in [6.45, 7) is 2.51. The van der Waals surface area contributed by atoms with Crippen LogP contribution in [0.4, 0.5) is 5.13 Å². The van der Waals surface area contributed by atoms with Crippen LogP contribution < -0.4 is 10.9 Å². The van der Waals surface area contributed by atoms with Gasteiger partial charge in [-0.3, -0.25) is 14.9 Å². The van der Waals surface area contributed by atoms with Crippen molar-refractivity contribution in [2.24, 2.45) is 0 Å². The zero-order valence-electron chi connectivity index (χ0n) is 16.3. The van der Waals surface area contributed by atoms with E-state index in [-0.39, 0.29) is 11.3 Å². The molecule has 0 spiro atoms. The largest absolute Gasteiger partial charge is 0.296 e. The summed E-state index contributed by atoms with van der Waals surface area (Å²) in [5.41, 5.74) is 1.69. The predicted octanol–water partition coefficient (Wildman–Crippen LogP) is 5.23. The summed E-state index contributed by atoms with van der Waals surface area (Å²) < 4.78 is 1.38. The molecular formula is C22H19ClN4O2S. The number of nitrogens with zero attached hydrogens (tertiary/aromatic N) is 3. The van der Waals surface area contributed by atoms with Crippen LogP contribution in [0.25, 0.3) is 22.0 Å². The highest BCUT2D eigenvalue weighted by Gasteiger charge is 2.18. The summed E-state index contributed by atoms with van der Waals surface area (Å²) >= 11 is 7.26. The quantitative estimate of drug-likeness (QED) is 0.447. The number of anilines is 1. The number of nitrogens with one attached hydrogen (secondary N) is 1. The molecule has 1 amide bonds. The highest BCUT2D eigenvalue weighted by molar-refractivity contribution is 7.14. The van der Waals surface area contributed by atoms with E-state index in [4.69, 9.17) is 11.6 Å². The number of aryl methyl sites for hydroxylation is 1. The van der Waals surface area contributed by atoms with Crippen molar-refractivity contribution in [1.29, 1.82) is 0 Å². The van der Waals surface area contributed by atoms with E-state index in [1.54, 1.807) is 36.4 Å². The minimum Gasteiger partial charge on any atom is -0.296 e. The summed E-state index contributed by atoms with van der Waals surface area (Å²) in [6, 6.07) is 14.4. The zero-order chi connectivity index (χ0) is 21.1. The van der Waals surface area contributed by atoms with Gasteiger partial charge in [0.05, 0.1) is 11.1 Å². The number of fused-ring (bicyclic) bond motifs is 1. The van der Waals surface area contributed by atoms with Gasteiger partial charge in [-0.2, -0.15) is 5.10 Å². The van der Waals surface area contributed by atoms with E-state index in [1.165, 1.54) is 16.0 Å². The minimum atomic E-state index is -0.395. The van der Waals surface area contributed by atoms with E-state index >= 15 is 0 Å². The van der Waals surface area contributed by atoms with Gasteiger partial charge in [-0.05, 0) is 24.6 Å². The summed E-state index contributed by atoms with van der Waals surface area (Å²) in [7, 11) is 0. The van der Waals surface area contributed by atoms with Gasteiger partial charge in [-0.25, -0.2) is 9.67 Å². The average Bonchev–Trinajstić information content (AvgIpc) is 3.22. The van der Waals surface area contributed by atoms with Crippen molar-refractivity contribution in [2.75, 3.05) is 5.32 Å². The summed E-state index contributed by atoms with van der Waals surface area (Å²) in [4.78, 5) is 30.2. The van der Waals surface area contributed by atoms with Crippen LogP contribution in [-0.4, -0.2) is 20.7 Å². The second-order valence-electron chi connectivity index (χ2n) is 6.77. The van der Waals surface area contributed by atoms with E-state index in [0.717, 1.165) is 24.1 Å². The Morgan fingerprint density at radius 3 is 2.60 bits per heavy atom. The first kappa shape index (κ1) is 20.3. The molecule has 0 unspecified atom stereocenters. The molecule has 0 saturated carbocycles. The van der Waals surface area contributed by atoms with Crippen molar-refractivity contribution in [3.05, 3.63) is 75.0 Å². The lowest BCUT2D eigenvalue weighted by atomic mass is 10.1. The molecule has 6 nitrogen and oxygen atoms in total. The molecule has 2 heterocycles. The number of benzene rings is 2. The Morgan fingerprint density at radius 1 is 1.13 bits per heavy atom. The molecule has 152 valence electrons. The van der Waals surface area contributed by atoms with Gasteiger partial charge in [0.1, 0.15) is 0 Å². The molecule has 1 N–H and O–H groups in total. The molecule has 0 atom stereocenters. The molecule has 4 aromatic rings. The fourth-order valence-electron chi connectivity index (χ4n) is 3.10. The predicted molar refractivity (Wildman–Crippen MR) is 121 cm³/mol. The van der Waals surface area contributed by atoms with Crippen LogP contribution in [0, 0.1) is 0 Å². The first-order valence-electron chi connectivity index (χ1n) is 9.59. The van der Waals surface area contributed by atoms with E-state index < -0.39 is 5.91 Å². The van der Waals surface area contributed by atoms with Crippen molar-refractivity contribution < 1.29 is 4.79 Å². The van der Waals surface area contributed by atoms with E-state index in [2.05, 4.69) is 15.4 Å². The first-order chi connectivity index (χ1) is 14.6. The van der Waals surface area contributed by atoms with Gasteiger partial charge in [-0.1, -0.05) is 55.3 Å². The summed E-state index contributed by atoms with van der Waals surface area (Å²) in [5, 5.41) is 11.2. The van der Waals surface area contributed by atoms with Crippen LogP contribution in [0.5, 0.6) is 0 Å². The SMILES string of the molecule is CCCCn1nc(C(=O)Nc2nc(-c3ccc(Cl)cc3)cs2)c2ccccc2c1=O. The van der Waals surface area contributed by atoms with Crippen molar-refractivity contribution in [1.82, 2.24) is 14.8 Å². The van der Waals surface area contributed by atoms with Crippen LogP contribution in [0.3, 0.4) is 0 Å². The maximum atomic E-state index is 13.0. The van der Waals surface area contributed by atoms with E-state index in [1.807, 2.05) is 24.4 Å². The highest BCUT2D eigenvalue weighted by Crippen LogP contribution is 2.26. The topological polar surface area (TPSA) is 76.9 Å². The number of halogens is 1. The number of rotatable bonds is 6. The normalized spacial score (nSPS) is 11.0. The van der Waals surface area contributed by atoms with Crippen LogP contribution in [-0.2, 0) is 6.54 Å². The molecular weight excluding hydrogens is 420 g/mol. The lowest BCUT2D eigenvalue weighted by Gasteiger charge is -2.10. The lowest BCUT2D eigenvalue weighted by Crippen LogP contribution is -2.27. The molecule has 0 fully saturated rings. The van der Waals surface area contributed by atoms with Crippen LogP contribution in [0.15, 0.2) is 58.7 Å². The number of hydrogen-bond acceptors (Lipinski definition) is 5. The lowest BCUT2D eigenvalue weighted by molar-refractivity contribution is 0.102. The fourth-order valence-corrected chi connectivity index (χ4v) is 3.94. The molecule has 0 aliphatic carbocycles. The van der Waals surface area contributed by atoms with Gasteiger partial charge in [0.25, 0.3) is 11.5 Å². The molecule has 2 aromatic carbocycles.